The number of nitrogens with one attached hydrogen (secondary N) is 1. The zero-order chi connectivity index (χ0) is 23.3. The fourth-order valence-corrected chi connectivity index (χ4v) is 5.16. The molecule has 5 rings (SSSR count). The van der Waals surface area contributed by atoms with E-state index in [0.717, 1.165) is 16.5 Å². The Morgan fingerprint density at radius 1 is 1.24 bits per heavy atom. The molecule has 1 aromatic heterocycles. The minimum atomic E-state index is -2.48. The largest absolute Gasteiger partial charge is 0.376 e. The third-order valence-corrected chi connectivity index (χ3v) is 7.52. The average molecular weight is 483 g/mol. The number of amides is 1. The molecule has 178 valence electrons. The minimum Gasteiger partial charge on any atom is -0.376 e. The number of hydrogen-bond acceptors (Lipinski definition) is 5. The first-order chi connectivity index (χ1) is 15.8. The van der Waals surface area contributed by atoms with E-state index in [1.165, 1.54) is 0 Å². The van der Waals surface area contributed by atoms with Gasteiger partial charge in [0, 0.05) is 49.6 Å². The molecule has 10 heteroatoms. The molecule has 1 amide bonds. The van der Waals surface area contributed by atoms with Gasteiger partial charge in [0.1, 0.15) is 12.0 Å². The zero-order valence-electron chi connectivity index (χ0n) is 18.2. The molecule has 2 aliphatic heterocycles. The highest BCUT2D eigenvalue weighted by Crippen LogP contribution is 2.44. The summed E-state index contributed by atoms with van der Waals surface area (Å²) >= 11 is 6.57. The summed E-state index contributed by atoms with van der Waals surface area (Å²) in [6.45, 7) is 5.22. The molecule has 1 aliphatic carbocycles. The summed E-state index contributed by atoms with van der Waals surface area (Å²) in [5.74, 6) is -1.61. The van der Waals surface area contributed by atoms with Crippen molar-refractivity contribution in [1.29, 1.82) is 0 Å². The Morgan fingerprint density at radius 2 is 2.00 bits per heavy atom. The van der Waals surface area contributed by atoms with Crippen LogP contribution in [0, 0.1) is 11.8 Å². The Labute approximate surface area is 195 Å². The van der Waals surface area contributed by atoms with E-state index in [9.17, 15) is 18.0 Å². The number of fused-ring (bicyclic) bond motifs is 1. The third-order valence-electron chi connectivity index (χ3n) is 7.21. The molecule has 1 aromatic carbocycles. The standard InChI is InChI=1S/C23H26ClF3N4O2/c1-23(12-33-11-19(23)25)31-4-2-30(3-5-31)18-7-13-8-20(28-10-14(13)6-17(18)24)29-22(32)16-9-15(16)21(26)27/h6-8,10,15-16,19,21H,2-5,9,11-12H2,1H3,(H,28,29,32)/t15-,16-,19-,23+/m1/s1. The van der Waals surface area contributed by atoms with Crippen LogP contribution < -0.4 is 10.2 Å². The van der Waals surface area contributed by atoms with Crippen molar-refractivity contribution in [2.24, 2.45) is 11.8 Å². The van der Waals surface area contributed by atoms with E-state index < -0.39 is 35.9 Å². The molecule has 3 heterocycles. The summed E-state index contributed by atoms with van der Waals surface area (Å²) in [4.78, 5) is 20.8. The van der Waals surface area contributed by atoms with Crippen molar-refractivity contribution in [2.45, 2.75) is 31.5 Å². The van der Waals surface area contributed by atoms with Crippen molar-refractivity contribution in [3.63, 3.8) is 0 Å². The molecule has 1 N–H and O–H groups in total. The fourth-order valence-electron chi connectivity index (χ4n) is 4.86. The van der Waals surface area contributed by atoms with Crippen LogP contribution in [-0.2, 0) is 9.53 Å². The van der Waals surface area contributed by atoms with Crippen LogP contribution >= 0.6 is 11.6 Å². The summed E-state index contributed by atoms with van der Waals surface area (Å²) in [6.07, 6.45) is -1.66. The van der Waals surface area contributed by atoms with E-state index in [2.05, 4.69) is 20.1 Å². The molecular weight excluding hydrogens is 457 g/mol. The first-order valence-corrected chi connectivity index (χ1v) is 11.5. The number of piperazine rings is 1. The topological polar surface area (TPSA) is 57.7 Å². The Bertz CT molecular complexity index is 1070. The van der Waals surface area contributed by atoms with Crippen LogP contribution in [0.2, 0.25) is 5.02 Å². The lowest BCUT2D eigenvalue weighted by atomic mass is 9.96. The van der Waals surface area contributed by atoms with Crippen molar-refractivity contribution in [3.05, 3.63) is 29.4 Å². The predicted molar refractivity (Wildman–Crippen MR) is 121 cm³/mol. The first-order valence-electron chi connectivity index (χ1n) is 11.2. The number of hydrogen-bond donors (Lipinski definition) is 1. The van der Waals surface area contributed by atoms with E-state index in [1.807, 2.05) is 19.1 Å². The maximum Gasteiger partial charge on any atom is 0.242 e. The second kappa shape index (κ2) is 8.60. The molecular formula is C23H26ClF3N4O2. The van der Waals surface area contributed by atoms with Crippen molar-refractivity contribution >= 4 is 39.8 Å². The molecule has 6 nitrogen and oxygen atoms in total. The average Bonchev–Trinajstić information content (AvgIpc) is 3.54. The number of rotatable bonds is 5. The Hall–Kier alpha value is -2.10. The highest BCUT2D eigenvalue weighted by molar-refractivity contribution is 6.34. The van der Waals surface area contributed by atoms with Gasteiger partial charge in [0.05, 0.1) is 29.5 Å². The number of pyridine rings is 1. The van der Waals surface area contributed by atoms with Gasteiger partial charge in [0.2, 0.25) is 12.3 Å². The molecule has 0 bridgehead atoms. The van der Waals surface area contributed by atoms with Gasteiger partial charge in [-0.15, -0.1) is 0 Å². The number of carbonyl (C=O) groups excluding carboxylic acids is 1. The quantitative estimate of drug-likeness (QED) is 0.698. The number of halogens is 4. The predicted octanol–water partition coefficient (Wildman–Crippen LogP) is 3.98. The van der Waals surface area contributed by atoms with Crippen molar-refractivity contribution in [3.8, 4) is 0 Å². The molecule has 2 saturated heterocycles. The van der Waals surface area contributed by atoms with Gasteiger partial charge >= 0.3 is 0 Å². The molecule has 0 radical (unpaired) electrons. The number of nitrogens with zero attached hydrogens (tertiary/aromatic N) is 3. The lowest BCUT2D eigenvalue weighted by Gasteiger charge is -2.44. The molecule has 3 fully saturated rings. The molecule has 4 atom stereocenters. The van der Waals surface area contributed by atoms with Crippen LogP contribution in [0.25, 0.3) is 10.8 Å². The van der Waals surface area contributed by atoms with E-state index in [4.69, 9.17) is 16.3 Å². The van der Waals surface area contributed by atoms with E-state index in [1.54, 1.807) is 12.3 Å². The zero-order valence-corrected chi connectivity index (χ0v) is 19.0. The van der Waals surface area contributed by atoms with Gasteiger partial charge in [-0.2, -0.15) is 0 Å². The smallest absolute Gasteiger partial charge is 0.242 e. The Balaban J connectivity index is 1.30. The van der Waals surface area contributed by atoms with Gasteiger partial charge in [-0.05, 0) is 36.9 Å². The molecule has 2 aromatic rings. The summed E-state index contributed by atoms with van der Waals surface area (Å²) in [5, 5.41) is 4.89. The van der Waals surface area contributed by atoms with Crippen LogP contribution in [-0.4, -0.2) is 73.3 Å². The minimum absolute atomic E-state index is 0.143. The molecule has 0 unspecified atom stereocenters. The van der Waals surface area contributed by atoms with Gasteiger partial charge < -0.3 is 15.0 Å². The SMILES string of the molecule is C[C@]1(N2CCN(c3cc4cc(NC(=O)[C@@H]5C[C@H]5C(F)F)ncc4cc3Cl)CC2)COC[C@H]1F. The van der Waals surface area contributed by atoms with Crippen molar-refractivity contribution < 1.29 is 22.7 Å². The van der Waals surface area contributed by atoms with Gasteiger partial charge in [-0.3, -0.25) is 9.69 Å². The number of aromatic nitrogens is 1. The summed E-state index contributed by atoms with van der Waals surface area (Å²) in [5.41, 5.74) is 0.264. The maximum absolute atomic E-state index is 14.4. The Morgan fingerprint density at radius 3 is 2.64 bits per heavy atom. The highest BCUT2D eigenvalue weighted by atomic mass is 35.5. The normalized spacial score (nSPS) is 30.2. The van der Waals surface area contributed by atoms with Crippen LogP contribution in [0.5, 0.6) is 0 Å². The lowest BCUT2D eigenvalue weighted by Crippen LogP contribution is -2.59. The number of benzene rings is 1. The maximum atomic E-state index is 14.4. The summed E-state index contributed by atoms with van der Waals surface area (Å²) in [7, 11) is 0. The third kappa shape index (κ3) is 4.26. The lowest BCUT2D eigenvalue weighted by molar-refractivity contribution is -0.118. The number of ether oxygens (including phenoxy) is 1. The van der Waals surface area contributed by atoms with E-state index in [0.29, 0.717) is 43.6 Å². The Kier molecular flexibility index (Phi) is 5.91. The van der Waals surface area contributed by atoms with Crippen LogP contribution in [0.15, 0.2) is 24.4 Å². The van der Waals surface area contributed by atoms with Gasteiger partial charge in [-0.25, -0.2) is 18.2 Å². The van der Waals surface area contributed by atoms with Crippen molar-refractivity contribution in [2.75, 3.05) is 49.6 Å². The van der Waals surface area contributed by atoms with Gasteiger partial charge in [-0.1, -0.05) is 11.6 Å². The number of alkyl halides is 3. The summed E-state index contributed by atoms with van der Waals surface area (Å²) in [6, 6.07) is 5.50. The second-order valence-electron chi connectivity index (χ2n) is 9.36. The second-order valence-corrected chi connectivity index (χ2v) is 9.77. The molecule has 3 aliphatic rings. The number of carbonyl (C=O) groups is 1. The van der Waals surface area contributed by atoms with Crippen LogP contribution in [0.4, 0.5) is 24.7 Å². The molecule has 1 saturated carbocycles. The summed E-state index contributed by atoms with van der Waals surface area (Å²) < 4.78 is 45.2. The monoisotopic (exact) mass is 482 g/mol. The van der Waals surface area contributed by atoms with Gasteiger partial charge in [0.15, 0.2) is 0 Å². The fraction of sp³-hybridized carbons (Fsp3) is 0.565. The van der Waals surface area contributed by atoms with Crippen LogP contribution in [0.3, 0.4) is 0 Å². The molecule has 33 heavy (non-hydrogen) atoms. The van der Waals surface area contributed by atoms with Crippen molar-refractivity contribution in [1.82, 2.24) is 9.88 Å². The molecule has 0 spiro atoms. The van der Waals surface area contributed by atoms with E-state index >= 15 is 0 Å². The van der Waals surface area contributed by atoms with Crippen LogP contribution in [0.1, 0.15) is 13.3 Å². The highest BCUT2D eigenvalue weighted by Gasteiger charge is 2.49. The van der Waals surface area contributed by atoms with Gasteiger partial charge in [0.25, 0.3) is 0 Å². The number of anilines is 2. The van der Waals surface area contributed by atoms with E-state index in [-0.39, 0.29) is 13.0 Å². The first kappa shape index (κ1) is 22.7.